The van der Waals surface area contributed by atoms with Crippen LogP contribution in [0, 0.1) is 5.92 Å². The van der Waals surface area contributed by atoms with E-state index in [9.17, 15) is 13.2 Å². The van der Waals surface area contributed by atoms with Gasteiger partial charge in [-0.3, -0.25) is 4.79 Å². The Kier molecular flexibility index (Phi) is 4.45. The molecule has 6 heteroatoms. The molecule has 1 fully saturated rings. The molecule has 0 bridgehead atoms. The lowest BCUT2D eigenvalue weighted by molar-refractivity contribution is -0.119. The van der Waals surface area contributed by atoms with Gasteiger partial charge in [-0.05, 0) is 38.1 Å². The van der Waals surface area contributed by atoms with E-state index in [0.717, 1.165) is 5.56 Å². The monoisotopic (exact) mass is 296 g/mol. The van der Waals surface area contributed by atoms with Gasteiger partial charge in [0.2, 0.25) is 5.91 Å². The summed E-state index contributed by atoms with van der Waals surface area (Å²) in [6.07, 6.45) is 0.417. The lowest BCUT2D eigenvalue weighted by Crippen LogP contribution is -2.23. The summed E-state index contributed by atoms with van der Waals surface area (Å²) in [5.74, 6) is -0.557. The molecule has 1 saturated heterocycles. The van der Waals surface area contributed by atoms with E-state index < -0.39 is 15.8 Å². The summed E-state index contributed by atoms with van der Waals surface area (Å²) in [7, 11) is -1.15. The molecule has 2 N–H and O–H groups in total. The third kappa shape index (κ3) is 3.58. The molecule has 2 atom stereocenters. The molecule has 0 saturated carbocycles. The minimum atomic E-state index is -3.03. The Morgan fingerprint density at radius 2 is 2.15 bits per heavy atom. The van der Waals surface area contributed by atoms with Crippen molar-refractivity contribution in [2.75, 3.05) is 23.9 Å². The van der Waals surface area contributed by atoms with Gasteiger partial charge in [-0.25, -0.2) is 8.42 Å². The van der Waals surface area contributed by atoms with Gasteiger partial charge in [0.25, 0.3) is 0 Å². The third-order valence-corrected chi connectivity index (χ3v) is 5.46. The minimum absolute atomic E-state index is 0.0363. The summed E-state index contributed by atoms with van der Waals surface area (Å²) < 4.78 is 22.8. The number of sulfone groups is 1. The molecule has 2 rings (SSSR count). The summed E-state index contributed by atoms with van der Waals surface area (Å²) in [5.41, 5.74) is 1.78. The van der Waals surface area contributed by atoms with Crippen LogP contribution >= 0.6 is 0 Å². The first-order valence-corrected chi connectivity index (χ1v) is 8.52. The van der Waals surface area contributed by atoms with Gasteiger partial charge in [-0.2, -0.15) is 0 Å². The van der Waals surface area contributed by atoms with Gasteiger partial charge in [-0.1, -0.05) is 12.1 Å². The van der Waals surface area contributed by atoms with Gasteiger partial charge >= 0.3 is 0 Å². The van der Waals surface area contributed by atoms with Crippen molar-refractivity contribution in [3.05, 3.63) is 29.8 Å². The van der Waals surface area contributed by atoms with Crippen LogP contribution in [0.1, 0.15) is 24.9 Å². The number of hydrogen-bond acceptors (Lipinski definition) is 4. The van der Waals surface area contributed by atoms with Gasteiger partial charge < -0.3 is 10.6 Å². The molecule has 2 unspecified atom stereocenters. The highest BCUT2D eigenvalue weighted by Crippen LogP contribution is 2.22. The summed E-state index contributed by atoms with van der Waals surface area (Å²) in [4.78, 5) is 12.1. The van der Waals surface area contributed by atoms with Gasteiger partial charge in [0.1, 0.15) is 0 Å². The highest BCUT2D eigenvalue weighted by Gasteiger charge is 2.32. The Morgan fingerprint density at radius 1 is 1.40 bits per heavy atom. The standard InChI is InChI=1S/C14H20N2O3S/c1-10(15-2)11-4-3-5-13(8-11)16-14(17)12-6-7-20(18,19)9-12/h3-5,8,10,12,15H,6-7,9H2,1-2H3,(H,16,17). The minimum Gasteiger partial charge on any atom is -0.326 e. The number of amides is 1. The number of carbonyl (C=O) groups is 1. The first-order valence-electron chi connectivity index (χ1n) is 6.70. The van der Waals surface area contributed by atoms with E-state index in [1.54, 1.807) is 0 Å². The van der Waals surface area contributed by atoms with Crippen LogP contribution in [0.25, 0.3) is 0 Å². The zero-order valence-corrected chi connectivity index (χ0v) is 12.5. The van der Waals surface area contributed by atoms with Crippen LogP contribution in [0.2, 0.25) is 0 Å². The normalized spacial score (nSPS) is 22.4. The van der Waals surface area contributed by atoms with Crippen LogP contribution in [-0.4, -0.2) is 32.9 Å². The quantitative estimate of drug-likeness (QED) is 0.879. The fourth-order valence-corrected chi connectivity index (χ4v) is 4.04. The Morgan fingerprint density at radius 3 is 2.75 bits per heavy atom. The molecular weight excluding hydrogens is 276 g/mol. The maximum absolute atomic E-state index is 12.1. The zero-order valence-electron chi connectivity index (χ0n) is 11.7. The molecule has 5 nitrogen and oxygen atoms in total. The van der Waals surface area contributed by atoms with Crippen LogP contribution in [-0.2, 0) is 14.6 Å². The van der Waals surface area contributed by atoms with E-state index in [-0.39, 0.29) is 23.5 Å². The van der Waals surface area contributed by atoms with Crippen molar-refractivity contribution in [2.24, 2.45) is 5.92 Å². The zero-order chi connectivity index (χ0) is 14.8. The van der Waals surface area contributed by atoms with Crippen molar-refractivity contribution < 1.29 is 13.2 Å². The highest BCUT2D eigenvalue weighted by molar-refractivity contribution is 7.91. The second-order valence-electron chi connectivity index (χ2n) is 5.23. The van der Waals surface area contributed by atoms with E-state index >= 15 is 0 Å². The topological polar surface area (TPSA) is 75.3 Å². The van der Waals surface area contributed by atoms with Gasteiger partial charge in [0, 0.05) is 11.7 Å². The van der Waals surface area contributed by atoms with Crippen molar-refractivity contribution in [2.45, 2.75) is 19.4 Å². The number of rotatable bonds is 4. The Balaban J connectivity index is 2.05. The molecule has 1 heterocycles. The van der Waals surface area contributed by atoms with E-state index in [4.69, 9.17) is 0 Å². The second kappa shape index (κ2) is 5.93. The van der Waals surface area contributed by atoms with Crippen LogP contribution in [0.15, 0.2) is 24.3 Å². The molecule has 1 aromatic rings. The predicted molar refractivity (Wildman–Crippen MR) is 79.3 cm³/mol. The van der Waals surface area contributed by atoms with Crippen molar-refractivity contribution in [1.29, 1.82) is 0 Å². The average Bonchev–Trinajstić information content (AvgIpc) is 2.78. The molecule has 0 spiro atoms. The predicted octanol–water partition coefficient (Wildman–Crippen LogP) is 1.34. The Labute approximate surface area is 119 Å². The lowest BCUT2D eigenvalue weighted by Gasteiger charge is -2.14. The average molecular weight is 296 g/mol. The first kappa shape index (κ1) is 15.0. The maximum atomic E-state index is 12.1. The fraction of sp³-hybridized carbons (Fsp3) is 0.500. The number of carbonyl (C=O) groups excluding carboxylic acids is 1. The van der Waals surface area contributed by atoms with Gasteiger partial charge in [-0.15, -0.1) is 0 Å². The third-order valence-electron chi connectivity index (χ3n) is 3.69. The van der Waals surface area contributed by atoms with Gasteiger partial charge in [0.05, 0.1) is 17.4 Å². The van der Waals surface area contributed by atoms with Crippen LogP contribution < -0.4 is 10.6 Å². The van der Waals surface area contributed by atoms with Crippen molar-refractivity contribution >= 4 is 21.4 Å². The molecule has 0 aliphatic carbocycles. The van der Waals surface area contributed by atoms with Crippen molar-refractivity contribution in [3.8, 4) is 0 Å². The molecule has 20 heavy (non-hydrogen) atoms. The summed E-state index contributed by atoms with van der Waals surface area (Å²) >= 11 is 0. The highest BCUT2D eigenvalue weighted by atomic mass is 32.2. The van der Waals surface area contributed by atoms with E-state index in [2.05, 4.69) is 10.6 Å². The van der Waals surface area contributed by atoms with Crippen LogP contribution in [0.5, 0.6) is 0 Å². The smallest absolute Gasteiger partial charge is 0.228 e. The molecular formula is C14H20N2O3S. The Hall–Kier alpha value is -1.40. The first-order chi connectivity index (χ1) is 9.41. The molecule has 1 aliphatic rings. The molecule has 0 aromatic heterocycles. The molecule has 0 radical (unpaired) electrons. The van der Waals surface area contributed by atoms with Gasteiger partial charge in [0.15, 0.2) is 9.84 Å². The fourth-order valence-electron chi connectivity index (χ4n) is 2.30. The second-order valence-corrected chi connectivity index (χ2v) is 7.45. The summed E-state index contributed by atoms with van der Waals surface area (Å²) in [5, 5.41) is 5.95. The van der Waals surface area contributed by atoms with Crippen LogP contribution in [0.4, 0.5) is 5.69 Å². The molecule has 110 valence electrons. The number of benzene rings is 1. The number of hydrogen-bond donors (Lipinski definition) is 2. The largest absolute Gasteiger partial charge is 0.326 e. The summed E-state index contributed by atoms with van der Waals surface area (Å²) in [6, 6.07) is 7.77. The molecule has 1 amide bonds. The van der Waals surface area contributed by atoms with Crippen LogP contribution in [0.3, 0.4) is 0 Å². The van der Waals surface area contributed by atoms with Crippen molar-refractivity contribution in [3.63, 3.8) is 0 Å². The maximum Gasteiger partial charge on any atom is 0.228 e. The van der Waals surface area contributed by atoms with E-state index in [1.807, 2.05) is 38.2 Å². The number of anilines is 1. The summed E-state index contributed by atoms with van der Waals surface area (Å²) in [6.45, 7) is 2.03. The van der Waals surface area contributed by atoms with Crippen molar-refractivity contribution in [1.82, 2.24) is 5.32 Å². The Bertz CT molecular complexity index is 598. The SMILES string of the molecule is CNC(C)c1cccc(NC(=O)C2CCS(=O)(=O)C2)c1. The number of nitrogens with one attached hydrogen (secondary N) is 2. The lowest BCUT2D eigenvalue weighted by atomic mass is 10.1. The molecule has 1 aromatic carbocycles. The van der Waals surface area contributed by atoms with E-state index in [0.29, 0.717) is 12.1 Å². The molecule has 1 aliphatic heterocycles. The van der Waals surface area contributed by atoms with E-state index in [1.165, 1.54) is 0 Å².